The molecule has 0 spiro atoms. The van der Waals surface area contributed by atoms with Crippen molar-refractivity contribution in [1.82, 2.24) is 15.3 Å². The molecule has 0 saturated heterocycles. The first-order chi connectivity index (χ1) is 16.3. The predicted molar refractivity (Wildman–Crippen MR) is 126 cm³/mol. The summed E-state index contributed by atoms with van der Waals surface area (Å²) in [5.41, 5.74) is 0.784. The summed E-state index contributed by atoms with van der Waals surface area (Å²) >= 11 is 6.98. The molecule has 11 heteroatoms. The second kappa shape index (κ2) is 10.6. The number of aromatic nitrogens is 2. The molecule has 3 N–H and O–H groups in total. The molecule has 0 aliphatic heterocycles. The van der Waals surface area contributed by atoms with Gasteiger partial charge in [-0.2, -0.15) is 0 Å². The largest absolute Gasteiger partial charge is 0.481 e. The summed E-state index contributed by atoms with van der Waals surface area (Å²) in [6, 6.07) is 4.12. The van der Waals surface area contributed by atoms with Crippen molar-refractivity contribution in [3.63, 3.8) is 0 Å². The summed E-state index contributed by atoms with van der Waals surface area (Å²) in [5.74, 6) is -2.49. The first-order valence-corrected chi connectivity index (χ1v) is 12.1. The summed E-state index contributed by atoms with van der Waals surface area (Å²) in [6.07, 6.45) is 3.37. The van der Waals surface area contributed by atoms with Gasteiger partial charge < -0.3 is 20.1 Å². The van der Waals surface area contributed by atoms with Gasteiger partial charge in [0.2, 0.25) is 5.82 Å². The number of halogens is 2. The Morgan fingerprint density at radius 1 is 1.32 bits per heavy atom. The van der Waals surface area contributed by atoms with Crippen LogP contribution in [0.5, 0.6) is 0 Å². The molecule has 180 valence electrons. The molecule has 2 unspecified atom stereocenters. The van der Waals surface area contributed by atoms with Crippen LogP contribution in [-0.2, 0) is 22.7 Å². The molecule has 1 saturated carbocycles. The number of ether oxygens (including phenoxy) is 1. The Hall–Kier alpha value is -2.82. The normalized spacial score (nSPS) is 18.2. The maximum Gasteiger partial charge on any atom is 0.306 e. The third kappa shape index (κ3) is 5.45. The van der Waals surface area contributed by atoms with Crippen LogP contribution in [0.1, 0.15) is 47.4 Å². The van der Waals surface area contributed by atoms with Crippen LogP contribution in [0, 0.1) is 17.7 Å². The van der Waals surface area contributed by atoms with Crippen molar-refractivity contribution in [3.8, 4) is 0 Å². The first kappa shape index (κ1) is 24.3. The Labute approximate surface area is 203 Å². The number of aliphatic carboxylic acids is 1. The van der Waals surface area contributed by atoms with Gasteiger partial charge in [-0.1, -0.05) is 30.5 Å². The fourth-order valence-corrected chi connectivity index (χ4v) is 5.32. The maximum absolute atomic E-state index is 13.3. The lowest BCUT2D eigenvalue weighted by atomic mass is 9.80. The monoisotopic (exact) mass is 507 g/mol. The van der Waals surface area contributed by atoms with Crippen LogP contribution < -0.4 is 10.9 Å². The van der Waals surface area contributed by atoms with E-state index in [0.717, 1.165) is 19.3 Å². The van der Waals surface area contributed by atoms with E-state index in [9.17, 15) is 23.9 Å². The van der Waals surface area contributed by atoms with E-state index >= 15 is 0 Å². The number of nitrogens with one attached hydrogen (secondary N) is 2. The fraction of sp³-hybridized carbons (Fsp3) is 0.391. The van der Waals surface area contributed by atoms with Crippen molar-refractivity contribution in [3.05, 3.63) is 61.7 Å². The van der Waals surface area contributed by atoms with Gasteiger partial charge >= 0.3 is 5.97 Å². The predicted octanol–water partition coefficient (Wildman–Crippen LogP) is 4.11. The van der Waals surface area contributed by atoms with Gasteiger partial charge in [-0.15, -0.1) is 11.3 Å². The minimum absolute atomic E-state index is 0.0427. The number of H-pyrrole nitrogens is 1. The Morgan fingerprint density at radius 2 is 2.12 bits per heavy atom. The number of carboxylic acids is 1. The summed E-state index contributed by atoms with van der Waals surface area (Å²) in [7, 11) is 0. The zero-order valence-electron chi connectivity index (χ0n) is 18.1. The van der Waals surface area contributed by atoms with Gasteiger partial charge in [0.05, 0.1) is 29.5 Å². The van der Waals surface area contributed by atoms with Gasteiger partial charge in [-0.3, -0.25) is 14.4 Å². The van der Waals surface area contributed by atoms with Crippen LogP contribution in [0.4, 0.5) is 4.39 Å². The molecule has 2 atom stereocenters. The van der Waals surface area contributed by atoms with Crippen molar-refractivity contribution in [2.45, 2.75) is 38.8 Å². The second-order valence-electron chi connectivity index (χ2n) is 8.29. The van der Waals surface area contributed by atoms with Gasteiger partial charge in [-0.25, -0.2) is 9.37 Å². The summed E-state index contributed by atoms with van der Waals surface area (Å²) in [4.78, 5) is 43.8. The number of fused-ring (bicyclic) bond motifs is 1. The molecular weight excluding hydrogens is 485 g/mol. The number of benzene rings is 1. The van der Waals surface area contributed by atoms with E-state index in [4.69, 9.17) is 16.3 Å². The number of carboxylic acid groups (broad SMARTS) is 1. The lowest BCUT2D eigenvalue weighted by molar-refractivity contribution is -0.146. The molecule has 34 heavy (non-hydrogen) atoms. The van der Waals surface area contributed by atoms with Crippen molar-refractivity contribution >= 4 is 45.0 Å². The van der Waals surface area contributed by atoms with Gasteiger partial charge in [0.15, 0.2) is 0 Å². The first-order valence-electron chi connectivity index (χ1n) is 10.9. The van der Waals surface area contributed by atoms with Crippen LogP contribution in [0.25, 0.3) is 10.2 Å². The minimum atomic E-state index is -0.789. The molecule has 0 bridgehead atoms. The quantitative estimate of drug-likeness (QED) is 0.422. The number of hydrogen-bond acceptors (Lipinski definition) is 6. The van der Waals surface area contributed by atoms with E-state index < -0.39 is 29.2 Å². The topological polar surface area (TPSA) is 121 Å². The maximum atomic E-state index is 13.3. The molecule has 1 amide bonds. The molecule has 1 aliphatic carbocycles. The number of rotatable bonds is 8. The Bertz CT molecular complexity index is 1280. The molecule has 0 radical (unpaired) electrons. The molecular formula is C23H23ClFN3O5S. The average Bonchev–Trinajstić information content (AvgIpc) is 3.23. The van der Waals surface area contributed by atoms with E-state index in [-0.39, 0.29) is 29.9 Å². The molecule has 4 rings (SSSR count). The third-order valence-corrected chi connectivity index (χ3v) is 7.20. The van der Waals surface area contributed by atoms with E-state index in [0.29, 0.717) is 34.4 Å². The van der Waals surface area contributed by atoms with Gasteiger partial charge in [0.25, 0.3) is 11.5 Å². The molecule has 1 aliphatic rings. The van der Waals surface area contributed by atoms with Gasteiger partial charge in [0.1, 0.15) is 10.6 Å². The average molecular weight is 508 g/mol. The molecule has 2 aromatic heterocycles. The van der Waals surface area contributed by atoms with E-state index in [1.807, 2.05) is 0 Å². The van der Waals surface area contributed by atoms with Gasteiger partial charge in [-0.05, 0) is 41.8 Å². The lowest BCUT2D eigenvalue weighted by Gasteiger charge is -2.28. The van der Waals surface area contributed by atoms with Crippen LogP contribution in [0.3, 0.4) is 0 Å². The van der Waals surface area contributed by atoms with E-state index in [1.54, 1.807) is 5.38 Å². The van der Waals surface area contributed by atoms with Crippen molar-refractivity contribution in [1.29, 1.82) is 0 Å². The zero-order chi connectivity index (χ0) is 24.2. The highest BCUT2D eigenvalue weighted by molar-refractivity contribution is 7.16. The molecule has 2 heterocycles. The van der Waals surface area contributed by atoms with E-state index in [2.05, 4.69) is 15.3 Å². The van der Waals surface area contributed by atoms with Crippen LogP contribution >= 0.6 is 22.9 Å². The number of aromatic amines is 1. The van der Waals surface area contributed by atoms with Gasteiger partial charge in [0, 0.05) is 12.1 Å². The smallest absolute Gasteiger partial charge is 0.306 e. The highest BCUT2D eigenvalue weighted by Crippen LogP contribution is 2.31. The number of carbonyl (C=O) groups is 2. The molecule has 3 aromatic rings. The van der Waals surface area contributed by atoms with Crippen LogP contribution in [0.15, 0.2) is 28.4 Å². The highest BCUT2D eigenvalue weighted by atomic mass is 35.5. The van der Waals surface area contributed by atoms with E-state index in [1.165, 1.54) is 29.5 Å². The summed E-state index contributed by atoms with van der Waals surface area (Å²) in [5, 5.41) is 14.1. The number of hydrogen-bond donors (Lipinski definition) is 3. The zero-order valence-corrected chi connectivity index (χ0v) is 19.7. The van der Waals surface area contributed by atoms with Crippen molar-refractivity contribution < 1.29 is 23.8 Å². The lowest BCUT2D eigenvalue weighted by Crippen LogP contribution is -2.30. The standard InChI is InChI=1S/C23H23ClFN3O5S/c24-16-7-12(5-6-17(16)25)8-26-21(30)19-27-20(29)18-14(11-34-22(18)28-19)10-33-9-13-3-1-2-4-15(13)23(31)32/h5-7,11,13,15H,1-4,8-10H2,(H,26,30)(H,31,32)(H,27,28,29). The Morgan fingerprint density at radius 3 is 2.88 bits per heavy atom. The molecule has 8 nitrogen and oxygen atoms in total. The summed E-state index contributed by atoms with van der Waals surface area (Å²) < 4.78 is 19.1. The highest BCUT2D eigenvalue weighted by Gasteiger charge is 2.30. The number of carbonyl (C=O) groups excluding carboxylic acids is 1. The fourth-order valence-electron chi connectivity index (χ4n) is 4.19. The van der Waals surface area contributed by atoms with Crippen LogP contribution in [-0.4, -0.2) is 33.6 Å². The number of amides is 1. The Kier molecular flexibility index (Phi) is 7.60. The second-order valence-corrected chi connectivity index (χ2v) is 9.56. The number of nitrogens with zero attached hydrogens (tertiary/aromatic N) is 1. The van der Waals surface area contributed by atoms with Crippen LogP contribution in [0.2, 0.25) is 5.02 Å². The van der Waals surface area contributed by atoms with Crippen molar-refractivity contribution in [2.24, 2.45) is 11.8 Å². The summed E-state index contributed by atoms with van der Waals surface area (Å²) in [6.45, 7) is 0.556. The number of thiophene rings is 1. The molecule has 1 fully saturated rings. The van der Waals surface area contributed by atoms with Crippen molar-refractivity contribution in [2.75, 3.05) is 6.61 Å². The SMILES string of the molecule is O=C(NCc1ccc(F)c(Cl)c1)c1nc2scc(COCC3CCCCC3C(=O)O)c2c(=O)[nH]1. The Balaban J connectivity index is 1.40. The third-order valence-electron chi connectivity index (χ3n) is 5.99. The minimum Gasteiger partial charge on any atom is -0.481 e. The molecule has 1 aromatic carbocycles.